The van der Waals surface area contributed by atoms with Gasteiger partial charge in [-0.25, -0.2) is 4.98 Å². The Labute approximate surface area is 221 Å². The van der Waals surface area contributed by atoms with Gasteiger partial charge in [0.25, 0.3) is 5.56 Å². The fourth-order valence-corrected chi connectivity index (χ4v) is 4.77. The van der Waals surface area contributed by atoms with Crippen molar-refractivity contribution in [3.8, 4) is 17.6 Å². The first-order valence-electron chi connectivity index (χ1n) is 13.1. The third-order valence-electron chi connectivity index (χ3n) is 7.27. The Morgan fingerprint density at radius 3 is 2.42 bits per heavy atom. The minimum absolute atomic E-state index is 0.141. The second-order valence-corrected chi connectivity index (χ2v) is 10.1. The SMILES string of the molecule is O=C(C1CC1)N1CC[C@@H](NCc2ccc(C#Cc3ccc([C@H](CO)Cc4nc[nH]c(=O)c4O)cc3)cc2)C1. The first kappa shape index (κ1) is 25.7. The van der Waals surface area contributed by atoms with E-state index >= 15 is 0 Å². The summed E-state index contributed by atoms with van der Waals surface area (Å²) in [5.41, 5.74) is 3.48. The number of amides is 1. The van der Waals surface area contributed by atoms with Crippen molar-refractivity contribution in [2.24, 2.45) is 5.92 Å². The molecule has 1 aliphatic heterocycles. The maximum absolute atomic E-state index is 12.2. The van der Waals surface area contributed by atoms with Gasteiger partial charge in [-0.3, -0.25) is 9.59 Å². The van der Waals surface area contributed by atoms with Gasteiger partial charge in [-0.15, -0.1) is 0 Å². The predicted molar refractivity (Wildman–Crippen MR) is 143 cm³/mol. The highest BCUT2D eigenvalue weighted by molar-refractivity contribution is 5.81. The number of carbonyl (C=O) groups excluding carboxylic acids is 1. The van der Waals surface area contributed by atoms with Crippen molar-refractivity contribution in [1.82, 2.24) is 20.2 Å². The molecule has 1 saturated heterocycles. The lowest BCUT2D eigenvalue weighted by atomic mass is 9.94. The highest BCUT2D eigenvalue weighted by Gasteiger charge is 2.36. The van der Waals surface area contributed by atoms with Crippen molar-refractivity contribution in [2.45, 2.75) is 44.2 Å². The van der Waals surface area contributed by atoms with Crippen molar-refractivity contribution in [3.63, 3.8) is 0 Å². The molecule has 5 rings (SSSR count). The Balaban J connectivity index is 1.13. The number of aliphatic hydroxyl groups excluding tert-OH is 1. The van der Waals surface area contributed by atoms with Crippen LogP contribution in [0.5, 0.6) is 5.75 Å². The Hall–Kier alpha value is -3.93. The summed E-state index contributed by atoms with van der Waals surface area (Å²) >= 11 is 0. The van der Waals surface area contributed by atoms with E-state index in [4.69, 9.17) is 0 Å². The minimum atomic E-state index is -0.594. The molecule has 3 aromatic rings. The molecule has 1 amide bonds. The molecular formula is C30H32N4O4. The number of likely N-dealkylation sites (tertiary alicyclic amines) is 1. The van der Waals surface area contributed by atoms with Crippen LogP contribution >= 0.6 is 0 Å². The van der Waals surface area contributed by atoms with Crippen molar-refractivity contribution >= 4 is 5.91 Å². The van der Waals surface area contributed by atoms with Crippen LogP contribution in [-0.4, -0.2) is 56.7 Å². The standard InChI is InChI=1S/C30H32N4O4/c35-18-25(15-27-28(36)29(37)33-19-32-27)23-9-7-21(8-10-23)2-1-20-3-5-22(6-4-20)16-31-26-13-14-34(17-26)30(38)24-11-12-24/h3-10,19,24-26,31,35-36H,11-18H2,(H,32,33,37)/t25-,26+/m0/s1. The number of hydrogen-bond donors (Lipinski definition) is 4. The van der Waals surface area contributed by atoms with Crippen LogP contribution in [-0.2, 0) is 17.8 Å². The molecule has 0 unspecified atom stereocenters. The van der Waals surface area contributed by atoms with E-state index in [0.29, 0.717) is 17.9 Å². The van der Waals surface area contributed by atoms with Gasteiger partial charge in [-0.1, -0.05) is 36.1 Å². The van der Waals surface area contributed by atoms with E-state index in [9.17, 15) is 19.8 Å². The molecule has 0 spiro atoms. The maximum Gasteiger partial charge on any atom is 0.293 e. The number of aromatic amines is 1. The second-order valence-electron chi connectivity index (χ2n) is 10.1. The molecular weight excluding hydrogens is 480 g/mol. The first-order valence-corrected chi connectivity index (χ1v) is 13.1. The van der Waals surface area contributed by atoms with Gasteiger partial charge >= 0.3 is 0 Å². The van der Waals surface area contributed by atoms with E-state index in [2.05, 4.69) is 39.3 Å². The number of aromatic hydroxyl groups is 1. The van der Waals surface area contributed by atoms with Crippen LogP contribution in [0.3, 0.4) is 0 Å². The summed E-state index contributed by atoms with van der Waals surface area (Å²) in [6.07, 6.45) is 4.61. The second kappa shape index (κ2) is 11.6. The van der Waals surface area contributed by atoms with Crippen LogP contribution < -0.4 is 10.9 Å². The number of aromatic nitrogens is 2. The largest absolute Gasteiger partial charge is 0.502 e. The van der Waals surface area contributed by atoms with Crippen LogP contribution in [0.15, 0.2) is 59.7 Å². The number of nitrogens with one attached hydrogen (secondary N) is 2. The highest BCUT2D eigenvalue weighted by Crippen LogP contribution is 2.32. The van der Waals surface area contributed by atoms with Crippen molar-refractivity contribution in [2.75, 3.05) is 19.7 Å². The molecule has 1 aliphatic carbocycles. The van der Waals surface area contributed by atoms with Crippen LogP contribution in [0, 0.1) is 17.8 Å². The van der Waals surface area contributed by atoms with Gasteiger partial charge in [-0.05, 0) is 54.7 Å². The summed E-state index contributed by atoms with van der Waals surface area (Å²) in [6.45, 7) is 2.29. The topological polar surface area (TPSA) is 119 Å². The molecule has 2 heterocycles. The number of rotatable bonds is 8. The fourth-order valence-electron chi connectivity index (χ4n) is 4.77. The quantitative estimate of drug-likeness (QED) is 0.344. The summed E-state index contributed by atoms with van der Waals surface area (Å²) < 4.78 is 0. The molecule has 1 saturated carbocycles. The summed E-state index contributed by atoms with van der Waals surface area (Å²) in [4.78, 5) is 32.2. The van der Waals surface area contributed by atoms with E-state index in [0.717, 1.165) is 55.6 Å². The van der Waals surface area contributed by atoms with Crippen LogP contribution in [0.1, 0.15) is 53.1 Å². The Morgan fingerprint density at radius 1 is 1.08 bits per heavy atom. The number of H-pyrrole nitrogens is 1. The van der Waals surface area contributed by atoms with Gasteiger partial charge in [0, 0.05) is 55.1 Å². The van der Waals surface area contributed by atoms with Crippen LogP contribution in [0.25, 0.3) is 0 Å². The van der Waals surface area contributed by atoms with Crippen LogP contribution in [0.2, 0.25) is 0 Å². The normalized spacial score (nSPS) is 17.6. The molecule has 2 aromatic carbocycles. The molecule has 2 fully saturated rings. The van der Waals surface area contributed by atoms with Crippen LogP contribution in [0.4, 0.5) is 0 Å². The van der Waals surface area contributed by atoms with E-state index in [1.54, 1.807) is 0 Å². The minimum Gasteiger partial charge on any atom is -0.502 e. The molecule has 38 heavy (non-hydrogen) atoms. The average Bonchev–Trinajstić information content (AvgIpc) is 3.69. The molecule has 0 radical (unpaired) electrons. The van der Waals surface area contributed by atoms with Gasteiger partial charge in [0.1, 0.15) is 0 Å². The van der Waals surface area contributed by atoms with Gasteiger partial charge in [0.05, 0.1) is 18.6 Å². The zero-order chi connectivity index (χ0) is 26.5. The Morgan fingerprint density at radius 2 is 1.76 bits per heavy atom. The van der Waals surface area contributed by atoms with Crippen molar-refractivity contribution in [3.05, 3.63) is 93.2 Å². The number of benzene rings is 2. The molecule has 8 nitrogen and oxygen atoms in total. The van der Waals surface area contributed by atoms with E-state index in [-0.39, 0.29) is 24.6 Å². The lowest BCUT2D eigenvalue weighted by Crippen LogP contribution is -2.35. The number of carbonyl (C=O) groups is 1. The van der Waals surface area contributed by atoms with Gasteiger partial charge in [0.15, 0.2) is 0 Å². The summed E-state index contributed by atoms with van der Waals surface area (Å²) in [6, 6.07) is 16.1. The van der Waals surface area contributed by atoms with E-state index in [1.165, 1.54) is 11.9 Å². The molecule has 196 valence electrons. The Kier molecular flexibility index (Phi) is 7.87. The number of hydrogen-bond acceptors (Lipinski definition) is 6. The smallest absolute Gasteiger partial charge is 0.293 e. The maximum atomic E-state index is 12.2. The molecule has 8 heteroatoms. The first-order chi connectivity index (χ1) is 18.5. The third kappa shape index (κ3) is 6.31. The zero-order valence-electron chi connectivity index (χ0n) is 21.2. The lowest BCUT2D eigenvalue weighted by molar-refractivity contribution is -0.131. The van der Waals surface area contributed by atoms with Gasteiger partial charge < -0.3 is 25.4 Å². The van der Waals surface area contributed by atoms with Gasteiger partial charge in [0.2, 0.25) is 11.7 Å². The number of aliphatic hydroxyl groups is 1. The fraction of sp³-hybridized carbons (Fsp3) is 0.367. The van der Waals surface area contributed by atoms with Gasteiger partial charge in [-0.2, -0.15) is 0 Å². The predicted octanol–water partition coefficient (Wildman–Crippen LogP) is 2.29. The van der Waals surface area contributed by atoms with E-state index < -0.39 is 11.3 Å². The summed E-state index contributed by atoms with van der Waals surface area (Å²) in [7, 11) is 0. The summed E-state index contributed by atoms with van der Waals surface area (Å²) in [5.74, 6) is 6.27. The molecule has 0 bridgehead atoms. The average molecular weight is 513 g/mol. The van der Waals surface area contributed by atoms with Crippen molar-refractivity contribution in [1.29, 1.82) is 0 Å². The van der Waals surface area contributed by atoms with E-state index in [1.807, 2.05) is 41.3 Å². The monoisotopic (exact) mass is 512 g/mol. The highest BCUT2D eigenvalue weighted by atomic mass is 16.3. The lowest BCUT2D eigenvalue weighted by Gasteiger charge is -2.17. The third-order valence-corrected chi connectivity index (χ3v) is 7.27. The molecule has 1 aromatic heterocycles. The van der Waals surface area contributed by atoms with Crippen molar-refractivity contribution < 1.29 is 15.0 Å². The Bertz CT molecular complexity index is 1380. The molecule has 2 aliphatic rings. The molecule has 2 atom stereocenters. The summed E-state index contributed by atoms with van der Waals surface area (Å²) in [5, 5.41) is 23.4. The number of nitrogens with zero attached hydrogens (tertiary/aromatic N) is 2. The molecule has 4 N–H and O–H groups in total. The zero-order valence-corrected chi connectivity index (χ0v) is 21.2.